The standard InChI is InChI=1S/C21H27N3O4/c1-14-9-11-23(12-10-14)21(26)15(2)24-19(25)13-18(28-4)20(22-24)16-5-7-17(27-3)8-6-16/h5-8,13-15H,9-12H2,1-4H3/t15-/m1/s1. The lowest BCUT2D eigenvalue weighted by molar-refractivity contribution is -0.136. The first kappa shape index (κ1) is 19.9. The molecular weight excluding hydrogens is 358 g/mol. The molecule has 0 bridgehead atoms. The van der Waals surface area contributed by atoms with Crippen LogP contribution in [0, 0.1) is 5.92 Å². The molecule has 0 saturated carbocycles. The largest absolute Gasteiger partial charge is 0.497 e. The summed E-state index contributed by atoms with van der Waals surface area (Å²) in [7, 11) is 3.10. The second-order valence-corrected chi connectivity index (χ2v) is 7.26. The maximum Gasteiger partial charge on any atom is 0.271 e. The van der Waals surface area contributed by atoms with E-state index in [1.54, 1.807) is 14.0 Å². The van der Waals surface area contributed by atoms with Gasteiger partial charge in [-0.05, 0) is 49.9 Å². The summed E-state index contributed by atoms with van der Waals surface area (Å²) in [6, 6.07) is 8.02. The maximum absolute atomic E-state index is 12.9. The van der Waals surface area contributed by atoms with Crippen molar-refractivity contribution in [3.63, 3.8) is 0 Å². The van der Waals surface area contributed by atoms with E-state index in [2.05, 4.69) is 12.0 Å². The normalized spacial score (nSPS) is 15.9. The average Bonchev–Trinajstić information content (AvgIpc) is 2.73. The number of methoxy groups -OCH3 is 2. The summed E-state index contributed by atoms with van der Waals surface area (Å²) < 4.78 is 11.8. The maximum atomic E-state index is 12.9. The van der Waals surface area contributed by atoms with Crippen molar-refractivity contribution in [2.24, 2.45) is 5.92 Å². The van der Waals surface area contributed by atoms with E-state index >= 15 is 0 Å². The predicted octanol–water partition coefficient (Wildman–Crippen LogP) is 2.75. The first-order valence-corrected chi connectivity index (χ1v) is 9.55. The Hall–Kier alpha value is -2.83. The van der Waals surface area contributed by atoms with Gasteiger partial charge in [-0.25, -0.2) is 4.68 Å². The topological polar surface area (TPSA) is 73.7 Å². The molecule has 2 heterocycles. The number of aromatic nitrogens is 2. The Morgan fingerprint density at radius 1 is 1.14 bits per heavy atom. The SMILES string of the molecule is COc1ccc(-c2nn([C@H](C)C(=O)N3CCC(C)CC3)c(=O)cc2OC)cc1. The number of carbonyl (C=O) groups excluding carboxylic acids is 1. The van der Waals surface area contributed by atoms with Gasteiger partial charge in [-0.1, -0.05) is 6.92 Å². The molecule has 2 aromatic rings. The van der Waals surface area contributed by atoms with Crippen LogP contribution in [0.1, 0.15) is 32.7 Å². The number of ether oxygens (including phenoxy) is 2. The van der Waals surface area contributed by atoms with Crippen molar-refractivity contribution in [2.45, 2.75) is 32.7 Å². The summed E-state index contributed by atoms with van der Waals surface area (Å²) in [5.74, 6) is 1.65. The number of nitrogens with zero attached hydrogens (tertiary/aromatic N) is 3. The van der Waals surface area contributed by atoms with E-state index in [1.165, 1.54) is 17.9 Å². The van der Waals surface area contributed by atoms with E-state index < -0.39 is 6.04 Å². The van der Waals surface area contributed by atoms with Crippen LogP contribution < -0.4 is 15.0 Å². The summed E-state index contributed by atoms with van der Waals surface area (Å²) in [6.45, 7) is 5.36. The molecule has 0 N–H and O–H groups in total. The summed E-state index contributed by atoms with van der Waals surface area (Å²) in [5, 5.41) is 4.49. The third-order valence-electron chi connectivity index (χ3n) is 5.32. The van der Waals surface area contributed by atoms with Crippen LogP contribution in [0.4, 0.5) is 0 Å². The molecule has 150 valence electrons. The minimum Gasteiger partial charge on any atom is -0.497 e. The average molecular weight is 385 g/mol. The molecule has 0 radical (unpaired) electrons. The quantitative estimate of drug-likeness (QED) is 0.791. The van der Waals surface area contributed by atoms with E-state index in [-0.39, 0.29) is 11.5 Å². The number of hydrogen-bond acceptors (Lipinski definition) is 5. The number of benzene rings is 1. The van der Waals surface area contributed by atoms with Crippen molar-refractivity contribution in [1.82, 2.24) is 14.7 Å². The van der Waals surface area contributed by atoms with Gasteiger partial charge >= 0.3 is 0 Å². The predicted molar refractivity (Wildman–Crippen MR) is 107 cm³/mol. The first-order chi connectivity index (χ1) is 13.4. The van der Waals surface area contributed by atoms with Gasteiger partial charge in [0.15, 0.2) is 5.75 Å². The minimum absolute atomic E-state index is 0.0765. The van der Waals surface area contributed by atoms with Gasteiger partial charge in [0.1, 0.15) is 17.5 Å². The van der Waals surface area contributed by atoms with Crippen molar-refractivity contribution in [2.75, 3.05) is 27.3 Å². The molecule has 1 fully saturated rings. The zero-order chi connectivity index (χ0) is 20.3. The lowest BCUT2D eigenvalue weighted by Crippen LogP contribution is -2.43. The molecule has 1 aromatic carbocycles. The van der Waals surface area contributed by atoms with Crippen molar-refractivity contribution in [3.05, 3.63) is 40.7 Å². The van der Waals surface area contributed by atoms with Gasteiger partial charge in [0, 0.05) is 24.7 Å². The molecule has 0 aliphatic carbocycles. The molecule has 1 aliphatic heterocycles. The summed E-state index contributed by atoms with van der Waals surface area (Å²) in [5.41, 5.74) is 0.926. The second kappa shape index (κ2) is 8.46. The zero-order valence-corrected chi connectivity index (χ0v) is 16.8. The van der Waals surface area contributed by atoms with Gasteiger partial charge in [0.05, 0.1) is 14.2 Å². The van der Waals surface area contributed by atoms with Crippen molar-refractivity contribution in [3.8, 4) is 22.8 Å². The third kappa shape index (κ3) is 4.03. The van der Waals surface area contributed by atoms with E-state index in [0.717, 1.165) is 37.2 Å². The molecule has 1 aromatic heterocycles. The van der Waals surface area contributed by atoms with E-state index in [9.17, 15) is 9.59 Å². The van der Waals surface area contributed by atoms with Gasteiger partial charge in [-0.15, -0.1) is 0 Å². The fourth-order valence-electron chi connectivity index (χ4n) is 3.43. The minimum atomic E-state index is -0.677. The molecule has 7 heteroatoms. The van der Waals surface area contributed by atoms with Crippen LogP contribution in [0.2, 0.25) is 0 Å². The van der Waals surface area contributed by atoms with Crippen molar-refractivity contribution >= 4 is 5.91 Å². The second-order valence-electron chi connectivity index (χ2n) is 7.26. The fourth-order valence-corrected chi connectivity index (χ4v) is 3.43. The Balaban J connectivity index is 1.94. The van der Waals surface area contributed by atoms with Crippen molar-refractivity contribution in [1.29, 1.82) is 0 Å². The molecule has 1 aliphatic rings. The molecule has 1 saturated heterocycles. The fraction of sp³-hybridized carbons (Fsp3) is 0.476. The number of hydrogen-bond donors (Lipinski definition) is 0. The number of rotatable bonds is 5. The Kier molecular flexibility index (Phi) is 6.02. The number of amides is 1. The van der Waals surface area contributed by atoms with Gasteiger partial charge in [0.25, 0.3) is 5.56 Å². The lowest BCUT2D eigenvalue weighted by Gasteiger charge is -2.32. The van der Waals surface area contributed by atoms with Gasteiger partial charge in [0.2, 0.25) is 5.91 Å². The van der Waals surface area contributed by atoms with Crippen LogP contribution in [0.3, 0.4) is 0 Å². The Morgan fingerprint density at radius 2 is 1.79 bits per heavy atom. The Bertz CT molecular complexity index is 884. The first-order valence-electron chi connectivity index (χ1n) is 9.55. The highest BCUT2D eigenvalue weighted by Gasteiger charge is 2.27. The summed E-state index contributed by atoms with van der Waals surface area (Å²) in [6.07, 6.45) is 1.97. The molecule has 1 atom stereocenters. The Morgan fingerprint density at radius 3 is 2.36 bits per heavy atom. The summed E-state index contributed by atoms with van der Waals surface area (Å²) >= 11 is 0. The van der Waals surface area contributed by atoms with E-state index in [0.29, 0.717) is 17.4 Å². The number of carbonyl (C=O) groups is 1. The lowest BCUT2D eigenvalue weighted by atomic mass is 9.99. The van der Waals surface area contributed by atoms with Crippen molar-refractivity contribution < 1.29 is 14.3 Å². The van der Waals surface area contributed by atoms with Gasteiger partial charge in [-0.3, -0.25) is 9.59 Å². The summed E-state index contributed by atoms with van der Waals surface area (Å²) in [4.78, 5) is 27.3. The van der Waals surface area contributed by atoms with Gasteiger partial charge < -0.3 is 14.4 Å². The highest BCUT2D eigenvalue weighted by atomic mass is 16.5. The molecule has 7 nitrogen and oxygen atoms in total. The van der Waals surface area contributed by atoms with Crippen LogP contribution >= 0.6 is 0 Å². The molecule has 3 rings (SSSR count). The zero-order valence-electron chi connectivity index (χ0n) is 16.8. The van der Waals surface area contributed by atoms with Crippen LogP contribution in [0.5, 0.6) is 11.5 Å². The Labute approximate surface area is 164 Å². The molecule has 0 spiro atoms. The number of piperidine rings is 1. The smallest absolute Gasteiger partial charge is 0.271 e. The van der Waals surface area contributed by atoms with Crippen LogP contribution in [0.15, 0.2) is 35.1 Å². The van der Waals surface area contributed by atoms with E-state index in [1.807, 2.05) is 29.2 Å². The van der Waals surface area contributed by atoms with Crippen LogP contribution in [-0.2, 0) is 4.79 Å². The molecule has 1 amide bonds. The third-order valence-corrected chi connectivity index (χ3v) is 5.32. The monoisotopic (exact) mass is 385 g/mol. The van der Waals surface area contributed by atoms with Crippen LogP contribution in [0.25, 0.3) is 11.3 Å². The van der Waals surface area contributed by atoms with Crippen LogP contribution in [-0.4, -0.2) is 47.9 Å². The molecule has 28 heavy (non-hydrogen) atoms. The molecule has 0 unspecified atom stereocenters. The number of likely N-dealkylation sites (tertiary alicyclic amines) is 1. The van der Waals surface area contributed by atoms with E-state index in [4.69, 9.17) is 9.47 Å². The highest BCUT2D eigenvalue weighted by molar-refractivity contribution is 5.80. The molecular formula is C21H27N3O4. The highest BCUT2D eigenvalue weighted by Crippen LogP contribution is 2.28. The van der Waals surface area contributed by atoms with Gasteiger partial charge in [-0.2, -0.15) is 5.10 Å².